The van der Waals surface area contributed by atoms with Crippen LogP contribution in [0.2, 0.25) is 0 Å². The molecule has 0 aliphatic carbocycles. The molecule has 0 radical (unpaired) electrons. The van der Waals surface area contributed by atoms with Gasteiger partial charge >= 0.3 is 0 Å². The van der Waals surface area contributed by atoms with Crippen molar-refractivity contribution in [2.45, 2.75) is 52.9 Å². The molecule has 0 heteroatoms. The van der Waals surface area contributed by atoms with Crippen LogP contribution in [-0.2, 0) is 0 Å². The molecule has 12 heavy (non-hydrogen) atoms. The lowest BCUT2D eigenvalue weighted by Crippen LogP contribution is -2.07. The molecule has 0 N–H and O–H groups in total. The van der Waals surface area contributed by atoms with Crippen molar-refractivity contribution in [2.75, 3.05) is 0 Å². The molecular weight excluding hydrogens is 144 g/mol. The van der Waals surface area contributed by atoms with Crippen molar-refractivity contribution in [3.63, 3.8) is 0 Å². The van der Waals surface area contributed by atoms with Crippen molar-refractivity contribution in [2.24, 2.45) is 11.8 Å². The molecule has 0 saturated carbocycles. The van der Waals surface area contributed by atoms with Crippen LogP contribution in [0.15, 0.2) is 12.7 Å². The third-order valence-electron chi connectivity index (χ3n) is 2.81. The van der Waals surface area contributed by atoms with Crippen LogP contribution in [0.3, 0.4) is 0 Å². The van der Waals surface area contributed by atoms with Crippen molar-refractivity contribution in [3.05, 3.63) is 12.7 Å². The first-order valence-electron chi connectivity index (χ1n) is 5.33. The highest BCUT2D eigenvalue weighted by molar-refractivity contribution is 4.70. The van der Waals surface area contributed by atoms with Gasteiger partial charge in [-0.05, 0) is 24.7 Å². The van der Waals surface area contributed by atoms with Gasteiger partial charge in [0.25, 0.3) is 0 Å². The first-order chi connectivity index (χ1) is 5.72. The summed E-state index contributed by atoms with van der Waals surface area (Å²) in [4.78, 5) is 0. The number of rotatable bonds is 7. The highest BCUT2D eigenvalue weighted by Gasteiger charge is 2.09. The molecule has 2 atom stereocenters. The molecule has 0 saturated heterocycles. The number of allylic oxidation sites excluding steroid dienone is 1. The quantitative estimate of drug-likeness (QED) is 0.494. The highest BCUT2D eigenvalue weighted by Crippen LogP contribution is 2.21. The first kappa shape index (κ1) is 11.7. The van der Waals surface area contributed by atoms with Crippen LogP contribution in [0.4, 0.5) is 0 Å². The summed E-state index contributed by atoms with van der Waals surface area (Å²) < 4.78 is 0. The summed E-state index contributed by atoms with van der Waals surface area (Å²) in [5, 5.41) is 0. The largest absolute Gasteiger partial charge is 0.103 e. The highest BCUT2D eigenvalue weighted by atomic mass is 14.2. The van der Waals surface area contributed by atoms with Crippen LogP contribution in [-0.4, -0.2) is 0 Å². The summed E-state index contributed by atoms with van der Waals surface area (Å²) in [5.74, 6) is 1.76. The van der Waals surface area contributed by atoms with E-state index in [2.05, 4.69) is 27.4 Å². The van der Waals surface area contributed by atoms with E-state index < -0.39 is 0 Å². The van der Waals surface area contributed by atoms with Gasteiger partial charge in [0, 0.05) is 0 Å². The predicted molar refractivity (Wildman–Crippen MR) is 57.3 cm³/mol. The summed E-state index contributed by atoms with van der Waals surface area (Å²) in [6, 6.07) is 0. The Morgan fingerprint density at radius 2 is 1.75 bits per heavy atom. The van der Waals surface area contributed by atoms with Gasteiger partial charge in [0.15, 0.2) is 0 Å². The van der Waals surface area contributed by atoms with Crippen molar-refractivity contribution in [1.82, 2.24) is 0 Å². The SMILES string of the molecule is C=CCCC(C)C(C)CCCC. The minimum atomic E-state index is 0.870. The monoisotopic (exact) mass is 168 g/mol. The molecule has 0 fully saturated rings. The lowest BCUT2D eigenvalue weighted by molar-refractivity contribution is 0.338. The molecule has 0 aromatic heterocycles. The van der Waals surface area contributed by atoms with Gasteiger partial charge in [0.2, 0.25) is 0 Å². The number of hydrogen-bond acceptors (Lipinski definition) is 0. The van der Waals surface area contributed by atoms with Crippen LogP contribution < -0.4 is 0 Å². The fourth-order valence-electron chi connectivity index (χ4n) is 1.48. The summed E-state index contributed by atoms with van der Waals surface area (Å²) in [5.41, 5.74) is 0. The second-order valence-corrected chi connectivity index (χ2v) is 3.96. The molecule has 0 bridgehead atoms. The summed E-state index contributed by atoms with van der Waals surface area (Å²) >= 11 is 0. The lowest BCUT2D eigenvalue weighted by atomic mass is 9.88. The van der Waals surface area contributed by atoms with E-state index in [1.165, 1.54) is 32.1 Å². The Bertz CT molecular complexity index is 105. The Morgan fingerprint density at radius 1 is 1.17 bits per heavy atom. The van der Waals surface area contributed by atoms with E-state index in [4.69, 9.17) is 0 Å². The molecular formula is C12H24. The predicted octanol–water partition coefficient (Wildman–Crippen LogP) is 4.42. The minimum absolute atomic E-state index is 0.870. The normalized spacial score (nSPS) is 15.6. The van der Waals surface area contributed by atoms with Crippen LogP contribution >= 0.6 is 0 Å². The fraction of sp³-hybridized carbons (Fsp3) is 0.833. The standard InChI is InChI=1S/C12H24/c1-5-7-9-11(3)12(4)10-8-6-2/h5,11-12H,1,6-10H2,2-4H3. The minimum Gasteiger partial charge on any atom is -0.103 e. The summed E-state index contributed by atoms with van der Waals surface area (Å²) in [7, 11) is 0. The molecule has 0 nitrogen and oxygen atoms in total. The van der Waals surface area contributed by atoms with Gasteiger partial charge in [-0.1, -0.05) is 46.1 Å². The molecule has 0 aromatic rings. The molecule has 0 rings (SSSR count). The Kier molecular flexibility index (Phi) is 7.23. The van der Waals surface area contributed by atoms with Gasteiger partial charge in [0.05, 0.1) is 0 Å². The topological polar surface area (TPSA) is 0 Å². The van der Waals surface area contributed by atoms with Crippen LogP contribution in [0, 0.1) is 11.8 Å². The zero-order valence-electron chi connectivity index (χ0n) is 8.97. The molecule has 0 heterocycles. The molecule has 0 aromatic carbocycles. The fourth-order valence-corrected chi connectivity index (χ4v) is 1.48. The number of unbranched alkanes of at least 4 members (excludes halogenated alkanes) is 1. The maximum absolute atomic E-state index is 3.75. The van der Waals surface area contributed by atoms with Gasteiger partial charge in [-0.3, -0.25) is 0 Å². The first-order valence-corrected chi connectivity index (χ1v) is 5.33. The zero-order valence-corrected chi connectivity index (χ0v) is 8.97. The van der Waals surface area contributed by atoms with Gasteiger partial charge in [-0.15, -0.1) is 6.58 Å². The van der Waals surface area contributed by atoms with Crippen LogP contribution in [0.5, 0.6) is 0 Å². The second-order valence-electron chi connectivity index (χ2n) is 3.96. The van der Waals surface area contributed by atoms with E-state index in [0.29, 0.717) is 0 Å². The maximum atomic E-state index is 3.75. The van der Waals surface area contributed by atoms with Gasteiger partial charge in [-0.25, -0.2) is 0 Å². The van der Waals surface area contributed by atoms with E-state index in [-0.39, 0.29) is 0 Å². The Balaban J connectivity index is 3.45. The summed E-state index contributed by atoms with van der Waals surface area (Å²) in [6.45, 7) is 10.8. The lowest BCUT2D eigenvalue weighted by Gasteiger charge is -2.18. The maximum Gasteiger partial charge on any atom is -0.0351 e. The molecule has 72 valence electrons. The van der Waals surface area contributed by atoms with E-state index in [0.717, 1.165) is 11.8 Å². The number of hydrogen-bond donors (Lipinski definition) is 0. The van der Waals surface area contributed by atoms with E-state index in [1.54, 1.807) is 0 Å². The van der Waals surface area contributed by atoms with Crippen LogP contribution in [0.1, 0.15) is 52.9 Å². The average Bonchev–Trinajstić information content (AvgIpc) is 2.10. The third-order valence-corrected chi connectivity index (χ3v) is 2.81. The Labute approximate surface area is 78.1 Å². The zero-order chi connectivity index (χ0) is 9.40. The summed E-state index contributed by atoms with van der Waals surface area (Å²) in [6.07, 6.45) is 8.64. The van der Waals surface area contributed by atoms with Crippen molar-refractivity contribution in [3.8, 4) is 0 Å². The Hall–Kier alpha value is -0.260. The smallest absolute Gasteiger partial charge is 0.0351 e. The molecule has 2 unspecified atom stereocenters. The van der Waals surface area contributed by atoms with E-state index in [9.17, 15) is 0 Å². The third kappa shape index (κ3) is 5.40. The Morgan fingerprint density at radius 3 is 2.25 bits per heavy atom. The second kappa shape index (κ2) is 7.39. The van der Waals surface area contributed by atoms with Crippen LogP contribution in [0.25, 0.3) is 0 Å². The molecule has 0 amide bonds. The van der Waals surface area contributed by atoms with Crippen molar-refractivity contribution in [1.29, 1.82) is 0 Å². The van der Waals surface area contributed by atoms with E-state index in [1.807, 2.05) is 6.08 Å². The van der Waals surface area contributed by atoms with Crippen molar-refractivity contribution >= 4 is 0 Å². The molecule has 0 spiro atoms. The molecule has 0 aliphatic rings. The van der Waals surface area contributed by atoms with Crippen molar-refractivity contribution < 1.29 is 0 Å². The van der Waals surface area contributed by atoms with Gasteiger partial charge < -0.3 is 0 Å². The average molecular weight is 168 g/mol. The van der Waals surface area contributed by atoms with Gasteiger partial charge in [-0.2, -0.15) is 0 Å². The van der Waals surface area contributed by atoms with Gasteiger partial charge in [0.1, 0.15) is 0 Å². The molecule has 0 aliphatic heterocycles. The van der Waals surface area contributed by atoms with E-state index >= 15 is 0 Å².